The summed E-state index contributed by atoms with van der Waals surface area (Å²) in [5.41, 5.74) is 7.60. The third kappa shape index (κ3) is 25.8. The van der Waals surface area contributed by atoms with Crippen LogP contribution >= 0.6 is 0 Å². The minimum Gasteiger partial charge on any atom is -0.743 e. The van der Waals surface area contributed by atoms with Gasteiger partial charge in [0.1, 0.15) is 17.2 Å². The highest BCUT2D eigenvalue weighted by Gasteiger charge is 2.56. The molecule has 7 aromatic rings. The summed E-state index contributed by atoms with van der Waals surface area (Å²) in [6, 6.07) is 63.1. The molecule has 0 amide bonds. The van der Waals surface area contributed by atoms with Gasteiger partial charge in [-0.15, -0.1) is 0 Å². The molecule has 105 heavy (non-hydrogen) atoms. The van der Waals surface area contributed by atoms with Crippen molar-refractivity contribution in [3.05, 3.63) is 215 Å². The van der Waals surface area contributed by atoms with Gasteiger partial charge in [0, 0.05) is 32.2 Å². The second-order valence-electron chi connectivity index (χ2n) is 30.2. The third-order valence-electron chi connectivity index (χ3n) is 21.6. The van der Waals surface area contributed by atoms with E-state index in [4.69, 9.17) is 33.9 Å². The second-order valence-corrected chi connectivity index (χ2v) is 33.7. The van der Waals surface area contributed by atoms with Crippen LogP contribution in [0.5, 0.6) is 17.2 Å². The minimum absolute atomic E-state index is 0.0830. The molecule has 5 aliphatic carbocycles. The van der Waals surface area contributed by atoms with Gasteiger partial charge in [0.05, 0.1) is 29.5 Å². The summed E-state index contributed by atoms with van der Waals surface area (Å²) in [6.45, 7) is 28.7. The van der Waals surface area contributed by atoms with Crippen molar-refractivity contribution in [2.75, 3.05) is 34.0 Å². The van der Waals surface area contributed by atoms with Gasteiger partial charge < -0.3 is 43.2 Å². The van der Waals surface area contributed by atoms with Crippen LogP contribution in [-0.2, 0) is 57.6 Å². The molecule has 576 valence electrons. The van der Waals surface area contributed by atoms with Crippen LogP contribution in [0.15, 0.2) is 197 Å². The highest BCUT2D eigenvalue weighted by molar-refractivity contribution is 7.97. The van der Waals surface area contributed by atoms with Crippen LogP contribution in [0.1, 0.15) is 218 Å². The van der Waals surface area contributed by atoms with Crippen molar-refractivity contribution in [2.24, 2.45) is 40.4 Å². The number of hydrogen-bond acceptors (Lipinski definition) is 12. The lowest BCUT2D eigenvalue weighted by Gasteiger charge is -2.58. The van der Waals surface area contributed by atoms with Gasteiger partial charge in [-0.05, 0) is 251 Å². The van der Waals surface area contributed by atoms with E-state index in [1.165, 1.54) is 102 Å². The summed E-state index contributed by atoms with van der Waals surface area (Å²) >= 11 is 0. The van der Waals surface area contributed by atoms with Crippen LogP contribution < -0.4 is 9.47 Å². The quantitative estimate of drug-likeness (QED) is 0.0164. The maximum Gasteiger partial charge on any atom is 0.369 e. The van der Waals surface area contributed by atoms with Crippen molar-refractivity contribution in [1.82, 2.24) is 0 Å². The molecule has 2 N–H and O–H groups in total. The molecule has 8 atom stereocenters. The topological polar surface area (TPSA) is 170 Å². The molecule has 4 saturated carbocycles. The average molecular weight is 1490 g/mol. The fourth-order valence-corrected chi connectivity index (χ4v) is 16.7. The molecule has 0 aromatic heterocycles. The maximum atomic E-state index is 13.0. The molecule has 0 saturated heterocycles. The SMILES string of the molecule is CC1Cc2ccccc2C1C.CCC(C)(C)C(=O)OC(C)C(F)(F)S(=O)(=O)[O-].CCC(C)c1ccc(O)cc1.CCC(C)c1ccc(OC(OC)C23CC4CC(CC(C4)C2)C3)cc1.CCC(C)c1ccc(OC(OCCOC)C(C)C)cc1.OCCc1ccc([S+](c2ccccc2)c2ccccc2)cc1. The number of benzene rings is 7. The molecule has 5 aliphatic rings. The van der Waals surface area contributed by atoms with Gasteiger partial charge >= 0.3 is 11.2 Å². The Morgan fingerprint density at radius 2 is 1.05 bits per heavy atom. The third-order valence-corrected chi connectivity index (χ3v) is 24.8. The van der Waals surface area contributed by atoms with Crippen molar-refractivity contribution in [3.8, 4) is 17.2 Å². The Balaban J connectivity index is 0.000000202. The van der Waals surface area contributed by atoms with Crippen LogP contribution in [0.4, 0.5) is 8.78 Å². The Hall–Kier alpha value is -6.63. The van der Waals surface area contributed by atoms with Crippen molar-refractivity contribution in [2.45, 2.75) is 236 Å². The smallest absolute Gasteiger partial charge is 0.369 e. The number of esters is 1. The van der Waals surface area contributed by atoms with Crippen molar-refractivity contribution in [3.63, 3.8) is 0 Å². The normalized spacial score (nSPS) is 20.2. The van der Waals surface area contributed by atoms with Crippen LogP contribution in [0.25, 0.3) is 0 Å². The Bertz CT molecular complexity index is 3650. The van der Waals surface area contributed by atoms with Crippen molar-refractivity contribution >= 4 is 27.0 Å². The van der Waals surface area contributed by atoms with Gasteiger partial charge in [0.2, 0.25) is 12.6 Å². The van der Waals surface area contributed by atoms with E-state index in [9.17, 15) is 26.5 Å². The molecule has 16 heteroatoms. The zero-order valence-corrected chi connectivity index (χ0v) is 67.0. The minimum atomic E-state index is -5.86. The summed E-state index contributed by atoms with van der Waals surface area (Å²) < 4.78 is 90.1. The Kier molecular flexibility index (Phi) is 35.1. The first-order valence-corrected chi connectivity index (χ1v) is 40.7. The zero-order chi connectivity index (χ0) is 77.1. The summed E-state index contributed by atoms with van der Waals surface area (Å²) in [5.74, 6) is 7.64. The van der Waals surface area contributed by atoms with Crippen LogP contribution in [-0.4, -0.2) is 87.1 Å². The molecule has 4 fully saturated rings. The van der Waals surface area contributed by atoms with Gasteiger partial charge in [-0.1, -0.05) is 185 Å². The van der Waals surface area contributed by atoms with E-state index in [-0.39, 0.29) is 35.5 Å². The molecule has 4 bridgehead atoms. The number of phenols is 1. The molecule has 12 nitrogen and oxygen atoms in total. The number of carbonyl (C=O) groups excluding carboxylic acids is 1. The fraction of sp³-hybridized carbons (Fsp3) is 0.517. The number of aliphatic hydroxyl groups excluding tert-OH is 1. The van der Waals surface area contributed by atoms with E-state index in [1.54, 1.807) is 37.3 Å². The number of halogens is 2. The second kappa shape index (κ2) is 42.2. The number of fused-ring (bicyclic) bond motifs is 1. The van der Waals surface area contributed by atoms with Gasteiger partial charge in [0.25, 0.3) is 0 Å². The molecule has 12 rings (SSSR count). The number of aromatic hydroxyl groups is 1. The number of aliphatic hydroxyl groups is 1. The number of methoxy groups -OCH3 is 2. The van der Waals surface area contributed by atoms with Gasteiger partial charge in [0.15, 0.2) is 30.9 Å². The van der Waals surface area contributed by atoms with Crippen LogP contribution in [0.3, 0.4) is 0 Å². The maximum absolute atomic E-state index is 13.0. The number of ether oxygens (including phenoxy) is 6. The average Bonchev–Trinajstić information content (AvgIpc) is 1.08. The van der Waals surface area contributed by atoms with Gasteiger partial charge in [-0.2, -0.15) is 8.78 Å². The summed E-state index contributed by atoms with van der Waals surface area (Å²) in [4.78, 5) is 15.4. The Morgan fingerprint density at radius 1 is 0.610 bits per heavy atom. The first kappa shape index (κ1) is 87.3. The Labute approximate surface area is 631 Å². The van der Waals surface area contributed by atoms with Crippen LogP contribution in [0, 0.1) is 40.4 Å². The predicted octanol–water partition coefficient (Wildman–Crippen LogP) is 21.7. The number of alkyl halides is 2. The molecule has 8 unspecified atom stereocenters. The lowest BCUT2D eigenvalue weighted by molar-refractivity contribution is -0.204. The van der Waals surface area contributed by atoms with E-state index in [2.05, 4.69) is 220 Å². The van der Waals surface area contributed by atoms with E-state index < -0.39 is 32.9 Å². The number of phenolic OH excluding ortho intramolecular Hbond substituents is 1. The zero-order valence-electron chi connectivity index (χ0n) is 65.4. The predicted molar refractivity (Wildman–Crippen MR) is 420 cm³/mol. The van der Waals surface area contributed by atoms with Gasteiger partial charge in [-0.3, -0.25) is 4.79 Å². The number of rotatable bonds is 27. The van der Waals surface area contributed by atoms with Crippen LogP contribution in [0.2, 0.25) is 0 Å². The molecule has 0 heterocycles. The summed E-state index contributed by atoms with van der Waals surface area (Å²) in [6.07, 6.45) is 11.4. The lowest BCUT2D eigenvalue weighted by Crippen LogP contribution is -2.53. The first-order chi connectivity index (χ1) is 50.0. The first-order valence-electron chi connectivity index (χ1n) is 38.1. The van der Waals surface area contributed by atoms with E-state index >= 15 is 0 Å². The lowest BCUT2D eigenvalue weighted by atomic mass is 9.49. The van der Waals surface area contributed by atoms with Gasteiger partial charge in [-0.25, -0.2) is 8.42 Å². The molecule has 7 aromatic carbocycles. The summed E-state index contributed by atoms with van der Waals surface area (Å²) in [7, 11) is -2.45. The highest BCUT2D eigenvalue weighted by atomic mass is 32.2. The van der Waals surface area contributed by atoms with Crippen molar-refractivity contribution < 1.29 is 65.2 Å². The fourth-order valence-electron chi connectivity index (χ4n) is 14.2. The number of carbonyl (C=O) groups is 1. The summed E-state index contributed by atoms with van der Waals surface area (Å²) in [5, 5.41) is 13.4. The molecule has 0 radical (unpaired) electrons. The highest BCUT2D eigenvalue weighted by Crippen LogP contribution is 2.62. The molecule has 0 spiro atoms. The van der Waals surface area contributed by atoms with Crippen molar-refractivity contribution in [1.29, 1.82) is 0 Å². The standard InChI is InChI=1S/C22H32O2.C20H19OS.C17H28O3.C11H14.C10H14O.C9H16F2O5S/c1-4-15(2)19-5-7-20(8-6-19)24-21(23-3)22-12-16-9-17(13-22)11-18(10-16)14-22;21-16-15-17-11-13-20(14-12-17)22(18-7-3-1-4-8-18)19-9-5-2-6-10-19;1-6-14(4)15-7-9-16(10-8-15)20-17(13(2)3)19-12-11-18-5;1-8-7-10-5-3-4-6-11(10)9(8)2;1-3-8(2)9-4-6-10(11)7-5-9;1-5-8(3,4)7(12)16-6(2)9(10,11)17(13,14)15/h5-8,15-18,21H,4,9-14H2,1-3H3;1-14,21H,15-16H2;7-10,13-14,17H,6,11-12H2,1-5H3;3-6,8-9H,7H2,1-2H3;4-8,11H,3H2,1-2H3;6H,5H2,1-4H3,(H,13,14,15)/q;+1;;;;/p-1. The molecule has 0 aliphatic heterocycles. The van der Waals surface area contributed by atoms with E-state index in [0.29, 0.717) is 62.4 Å². The van der Waals surface area contributed by atoms with E-state index in [0.717, 1.165) is 53.9 Å². The number of hydrogen-bond donors (Lipinski definition) is 2. The van der Waals surface area contributed by atoms with E-state index in [1.807, 2.05) is 31.4 Å². The Morgan fingerprint density at radius 3 is 1.46 bits per heavy atom. The molecular weight excluding hydrogens is 1360 g/mol. The molecular formula is C89H122F2O12S2. The monoisotopic (exact) mass is 1480 g/mol. The largest absolute Gasteiger partial charge is 0.743 e.